The molecule has 0 aromatic heterocycles. The Kier molecular flexibility index (Phi) is 19.3. The maximum Gasteiger partial charge on any atom is 0.321 e. The third kappa shape index (κ3) is 17.5. The summed E-state index contributed by atoms with van der Waals surface area (Å²) in [6.07, 6.45) is 0.132. The number of carbonyl (C=O) groups is 5. The number of ether oxygens (including phenoxy) is 4. The molecule has 0 radical (unpaired) electrons. The van der Waals surface area contributed by atoms with E-state index in [1.54, 1.807) is 14.7 Å². The van der Waals surface area contributed by atoms with E-state index in [2.05, 4.69) is 0 Å². The van der Waals surface area contributed by atoms with Gasteiger partial charge in [0.2, 0.25) is 0 Å². The van der Waals surface area contributed by atoms with Gasteiger partial charge in [-0.2, -0.15) is 0 Å². The van der Waals surface area contributed by atoms with Crippen LogP contribution in [0.2, 0.25) is 0 Å². The lowest BCUT2D eigenvalue weighted by Gasteiger charge is -2.33. The second kappa shape index (κ2) is 25.8. The van der Waals surface area contributed by atoms with Gasteiger partial charge in [-0.3, -0.25) is 38.7 Å². The summed E-state index contributed by atoms with van der Waals surface area (Å²) < 4.78 is 22.2. The first-order valence-electron chi connectivity index (χ1n) is 20.4. The summed E-state index contributed by atoms with van der Waals surface area (Å²) in [5.74, 6) is -3.41. The Hall–Kier alpha value is -6.67. The van der Waals surface area contributed by atoms with Crippen LogP contribution in [-0.4, -0.2) is 108 Å². The minimum absolute atomic E-state index is 0.0354. The van der Waals surface area contributed by atoms with Gasteiger partial charge in [-0.1, -0.05) is 152 Å². The van der Waals surface area contributed by atoms with Crippen LogP contribution in [0, 0.1) is 0 Å². The zero-order chi connectivity index (χ0) is 43.8. The van der Waals surface area contributed by atoms with Gasteiger partial charge in [0.05, 0.1) is 26.2 Å². The number of rotatable bonds is 26. The average molecular weight is 844 g/mol. The van der Waals surface area contributed by atoms with Crippen LogP contribution in [0.3, 0.4) is 0 Å². The summed E-state index contributed by atoms with van der Waals surface area (Å²) in [6, 6.07) is 44.9. The molecular formula is C49H53N3O10. The predicted octanol–water partition coefficient (Wildman–Crippen LogP) is 5.56. The molecule has 0 heterocycles. The molecule has 13 heteroatoms. The fraction of sp³-hybridized carbons (Fsp3) is 0.286. The highest BCUT2D eigenvalue weighted by atomic mass is 16.5. The van der Waals surface area contributed by atoms with E-state index in [1.807, 2.05) is 152 Å². The number of carbonyl (C=O) groups excluding carboxylic acids is 4. The number of hydrogen-bond donors (Lipinski definition) is 1. The van der Waals surface area contributed by atoms with Gasteiger partial charge in [-0.15, -0.1) is 0 Å². The van der Waals surface area contributed by atoms with E-state index >= 15 is 0 Å². The molecule has 324 valence electrons. The molecule has 0 unspecified atom stereocenters. The fourth-order valence-electron chi connectivity index (χ4n) is 6.47. The van der Waals surface area contributed by atoms with Crippen LogP contribution < -0.4 is 0 Å². The van der Waals surface area contributed by atoms with Crippen LogP contribution >= 0.6 is 0 Å². The second-order valence-electron chi connectivity index (χ2n) is 14.6. The molecule has 13 nitrogen and oxygen atoms in total. The van der Waals surface area contributed by atoms with Crippen molar-refractivity contribution >= 4 is 29.8 Å². The first-order chi connectivity index (χ1) is 30.2. The molecule has 0 fully saturated rings. The third-order valence-electron chi connectivity index (χ3n) is 9.79. The monoisotopic (exact) mass is 843 g/mol. The second-order valence-corrected chi connectivity index (χ2v) is 14.6. The molecule has 5 aromatic carbocycles. The lowest BCUT2D eigenvalue weighted by atomic mass is 10.0. The van der Waals surface area contributed by atoms with Crippen molar-refractivity contribution in [3.05, 3.63) is 179 Å². The van der Waals surface area contributed by atoms with Crippen LogP contribution in [0.1, 0.15) is 27.8 Å². The van der Waals surface area contributed by atoms with Crippen molar-refractivity contribution in [3.63, 3.8) is 0 Å². The van der Waals surface area contributed by atoms with Gasteiger partial charge in [0.15, 0.2) is 0 Å². The van der Waals surface area contributed by atoms with E-state index in [1.165, 1.54) is 0 Å². The van der Waals surface area contributed by atoms with Gasteiger partial charge in [-0.25, -0.2) is 0 Å². The number of esters is 4. The van der Waals surface area contributed by atoms with E-state index in [4.69, 9.17) is 18.9 Å². The van der Waals surface area contributed by atoms with Crippen LogP contribution in [0.5, 0.6) is 0 Å². The Balaban J connectivity index is 1.33. The number of nitrogens with zero attached hydrogens (tertiary/aromatic N) is 3. The van der Waals surface area contributed by atoms with Gasteiger partial charge in [0, 0.05) is 26.2 Å². The van der Waals surface area contributed by atoms with E-state index in [0.29, 0.717) is 0 Å². The van der Waals surface area contributed by atoms with Crippen LogP contribution in [0.15, 0.2) is 152 Å². The lowest BCUT2D eigenvalue weighted by Crippen LogP contribution is -2.51. The summed E-state index contributed by atoms with van der Waals surface area (Å²) in [6.45, 7) is -0.667. The quantitative estimate of drug-likeness (QED) is 0.0547. The fourth-order valence-corrected chi connectivity index (χ4v) is 6.47. The van der Waals surface area contributed by atoms with E-state index in [0.717, 1.165) is 27.8 Å². The minimum Gasteiger partial charge on any atom is -0.480 e. The summed E-state index contributed by atoms with van der Waals surface area (Å²) >= 11 is 0. The number of aliphatic carboxylic acids is 1. The van der Waals surface area contributed by atoms with Crippen molar-refractivity contribution in [1.82, 2.24) is 14.7 Å². The zero-order valence-corrected chi connectivity index (χ0v) is 34.7. The molecule has 62 heavy (non-hydrogen) atoms. The van der Waals surface area contributed by atoms with Crippen LogP contribution in [0.25, 0.3) is 0 Å². The molecule has 5 aromatic rings. The first kappa shape index (κ1) is 46.4. The molecule has 0 amide bonds. The van der Waals surface area contributed by atoms with Gasteiger partial charge in [0.25, 0.3) is 0 Å². The minimum atomic E-state index is -1.10. The van der Waals surface area contributed by atoms with Crippen molar-refractivity contribution < 1.29 is 48.0 Å². The van der Waals surface area contributed by atoms with E-state index < -0.39 is 35.9 Å². The Morgan fingerprint density at radius 1 is 0.387 bits per heavy atom. The highest BCUT2D eigenvalue weighted by molar-refractivity contribution is 5.76. The smallest absolute Gasteiger partial charge is 0.321 e. The molecule has 0 aliphatic carbocycles. The molecule has 5 rings (SSSR count). The summed E-state index contributed by atoms with van der Waals surface area (Å²) in [5.41, 5.74) is 3.96. The van der Waals surface area contributed by atoms with Crippen molar-refractivity contribution in [2.45, 2.75) is 38.9 Å². The van der Waals surface area contributed by atoms with Gasteiger partial charge in [0.1, 0.15) is 32.5 Å². The number of benzene rings is 5. The zero-order valence-electron chi connectivity index (χ0n) is 34.7. The highest BCUT2D eigenvalue weighted by Crippen LogP contribution is 2.13. The van der Waals surface area contributed by atoms with E-state index in [9.17, 15) is 29.1 Å². The van der Waals surface area contributed by atoms with Crippen LogP contribution in [0.4, 0.5) is 0 Å². The normalized spacial score (nSPS) is 11.5. The molecule has 0 aliphatic rings. The van der Waals surface area contributed by atoms with Crippen molar-refractivity contribution in [1.29, 1.82) is 0 Å². The highest BCUT2D eigenvalue weighted by Gasteiger charge is 2.29. The Bertz CT molecular complexity index is 1870. The molecule has 0 aliphatic heterocycles. The molecular weight excluding hydrogens is 791 g/mol. The first-order valence-corrected chi connectivity index (χ1v) is 20.4. The molecule has 0 bridgehead atoms. The van der Waals surface area contributed by atoms with Crippen molar-refractivity contribution in [3.8, 4) is 0 Å². The summed E-state index contributed by atoms with van der Waals surface area (Å²) in [7, 11) is 0. The molecule has 0 saturated carbocycles. The molecule has 0 saturated heterocycles. The van der Waals surface area contributed by atoms with Gasteiger partial charge in [-0.05, 0) is 34.2 Å². The summed E-state index contributed by atoms with van der Waals surface area (Å²) in [4.78, 5) is 70.7. The largest absolute Gasteiger partial charge is 0.480 e. The molecule has 1 atom stereocenters. The van der Waals surface area contributed by atoms with Gasteiger partial charge < -0.3 is 24.1 Å². The van der Waals surface area contributed by atoms with Crippen LogP contribution in [-0.2, 0) is 75.8 Å². The Morgan fingerprint density at radius 3 is 0.903 bits per heavy atom. The third-order valence-corrected chi connectivity index (χ3v) is 9.79. The topological polar surface area (TPSA) is 152 Å². The SMILES string of the molecule is O=C(CN(CCN(CCN(CC(=O)OCc1ccccc1)CC(=O)OCc1ccccc1)[C@H](Cc1ccccc1)C(=O)O)CC(=O)OCc1ccccc1)OCc1ccccc1. The Morgan fingerprint density at radius 2 is 0.645 bits per heavy atom. The van der Waals surface area contributed by atoms with Crippen molar-refractivity contribution in [2.24, 2.45) is 0 Å². The average Bonchev–Trinajstić information content (AvgIpc) is 3.29. The number of carboxylic acid groups (broad SMARTS) is 1. The standard InChI is InChI=1S/C49H53N3O10/c53-45(59-35-40-18-8-2-9-19-40)31-50(32-46(54)60-36-41-20-10-3-11-21-41)26-28-52(44(49(57)58)30-39-16-6-1-7-17-39)29-27-51(33-47(55)61-37-42-22-12-4-13-23-42)34-48(56)62-38-43-24-14-5-15-25-43/h1-25,44H,26-38H2,(H,57,58)/t44-/m1/s1. The Labute approximate surface area is 362 Å². The maximum atomic E-state index is 13.2. The number of hydrogen-bond acceptors (Lipinski definition) is 12. The number of carboxylic acids is 1. The van der Waals surface area contributed by atoms with E-state index in [-0.39, 0.29) is 85.2 Å². The molecule has 0 spiro atoms. The van der Waals surface area contributed by atoms with Crippen molar-refractivity contribution in [2.75, 3.05) is 52.4 Å². The van der Waals surface area contributed by atoms with Gasteiger partial charge >= 0.3 is 29.8 Å². The lowest BCUT2D eigenvalue weighted by molar-refractivity contribution is -0.151. The molecule has 1 N–H and O–H groups in total. The predicted molar refractivity (Wildman–Crippen MR) is 231 cm³/mol. The summed E-state index contributed by atoms with van der Waals surface area (Å²) in [5, 5.41) is 10.7. The maximum absolute atomic E-state index is 13.2.